The lowest BCUT2D eigenvalue weighted by Crippen LogP contribution is -2.41. The van der Waals surface area contributed by atoms with Gasteiger partial charge >= 0.3 is 0 Å². The summed E-state index contributed by atoms with van der Waals surface area (Å²) in [6, 6.07) is 3.86. The van der Waals surface area contributed by atoms with E-state index in [4.69, 9.17) is 18.9 Å². The van der Waals surface area contributed by atoms with Gasteiger partial charge in [0.1, 0.15) is 6.29 Å². The van der Waals surface area contributed by atoms with Crippen molar-refractivity contribution in [3.63, 3.8) is 0 Å². The van der Waals surface area contributed by atoms with Crippen molar-refractivity contribution in [1.82, 2.24) is 15.5 Å². The number of benzene rings is 1. The lowest BCUT2D eigenvalue weighted by atomic mass is 10.1. The maximum atomic E-state index is 13.0. The van der Waals surface area contributed by atoms with Crippen LogP contribution in [0.4, 0.5) is 5.69 Å². The summed E-state index contributed by atoms with van der Waals surface area (Å²) in [6.45, 7) is 4.12. The van der Waals surface area contributed by atoms with E-state index < -0.39 is 17.9 Å². The molecule has 210 valence electrons. The van der Waals surface area contributed by atoms with Gasteiger partial charge in [-0.2, -0.15) is 0 Å². The molecule has 1 heterocycles. The smallest absolute Gasteiger partial charge is 0.264 e. The summed E-state index contributed by atoms with van der Waals surface area (Å²) in [5.41, 5.74) is 0.890. The zero-order valence-electron chi connectivity index (χ0n) is 21.6. The molecule has 0 bridgehead atoms. The fraction of sp³-hybridized carbons (Fsp3) is 0.560. The number of imide groups is 1. The number of hydrogen-bond donors (Lipinski definition) is 3. The monoisotopic (exact) mass is 536 g/mol. The lowest BCUT2D eigenvalue weighted by molar-refractivity contribution is -0.121. The van der Waals surface area contributed by atoms with Crippen LogP contribution in [0.25, 0.3) is 0 Å². The van der Waals surface area contributed by atoms with Crippen LogP contribution in [0.3, 0.4) is 0 Å². The van der Waals surface area contributed by atoms with Crippen molar-refractivity contribution < 1.29 is 42.9 Å². The molecule has 0 saturated heterocycles. The molecular formula is C25H36N4O9. The molecule has 0 aromatic heterocycles. The Morgan fingerprint density at radius 1 is 0.895 bits per heavy atom. The van der Waals surface area contributed by atoms with Crippen LogP contribution in [0.1, 0.15) is 33.6 Å². The molecule has 0 aliphatic carbocycles. The first-order valence-electron chi connectivity index (χ1n) is 12.4. The first-order chi connectivity index (χ1) is 18.5. The Labute approximate surface area is 221 Å². The quantitative estimate of drug-likeness (QED) is 0.101. The van der Waals surface area contributed by atoms with Crippen LogP contribution < -0.4 is 16.0 Å². The van der Waals surface area contributed by atoms with Crippen molar-refractivity contribution in [2.75, 3.05) is 78.3 Å². The molecule has 0 fully saturated rings. The van der Waals surface area contributed by atoms with Crippen LogP contribution in [-0.4, -0.2) is 114 Å². The van der Waals surface area contributed by atoms with Crippen molar-refractivity contribution in [2.45, 2.75) is 18.9 Å². The summed E-state index contributed by atoms with van der Waals surface area (Å²) in [5, 5.41) is 8.06. The molecule has 1 aromatic carbocycles. The number of carbonyl (C=O) groups is 5. The fourth-order valence-electron chi connectivity index (χ4n) is 3.62. The number of aldehydes is 1. The van der Waals surface area contributed by atoms with Crippen LogP contribution in [0, 0.1) is 0 Å². The fourth-order valence-corrected chi connectivity index (χ4v) is 3.62. The number of amides is 4. The minimum Gasteiger partial charge on any atom is -0.382 e. The number of nitrogens with zero attached hydrogens (tertiary/aromatic N) is 1. The predicted octanol–water partition coefficient (Wildman–Crippen LogP) is -0.399. The molecule has 1 aliphatic heterocycles. The van der Waals surface area contributed by atoms with E-state index in [-0.39, 0.29) is 29.9 Å². The average Bonchev–Trinajstić information content (AvgIpc) is 3.19. The molecule has 1 aromatic rings. The van der Waals surface area contributed by atoms with Gasteiger partial charge in [-0.25, -0.2) is 0 Å². The Morgan fingerprint density at radius 2 is 1.50 bits per heavy atom. The first kappa shape index (κ1) is 30.8. The second-order valence-corrected chi connectivity index (χ2v) is 8.07. The number of nitrogens with one attached hydrogen (secondary N) is 3. The number of rotatable bonds is 22. The van der Waals surface area contributed by atoms with Gasteiger partial charge in [0.15, 0.2) is 0 Å². The van der Waals surface area contributed by atoms with Gasteiger partial charge in [0.25, 0.3) is 11.8 Å². The van der Waals surface area contributed by atoms with E-state index in [1.807, 2.05) is 0 Å². The molecule has 0 saturated carbocycles. The molecule has 1 atom stereocenters. The van der Waals surface area contributed by atoms with Crippen molar-refractivity contribution >= 4 is 36.1 Å². The third-order valence-electron chi connectivity index (χ3n) is 5.53. The van der Waals surface area contributed by atoms with Crippen LogP contribution in [0.5, 0.6) is 0 Å². The Balaban J connectivity index is 1.64. The normalized spacial score (nSPS) is 13.2. The minimum atomic E-state index is -1.02. The molecule has 2 rings (SSSR count). The molecule has 1 unspecified atom stereocenters. The highest BCUT2D eigenvalue weighted by molar-refractivity contribution is 6.24. The first-order valence-corrected chi connectivity index (χ1v) is 12.4. The summed E-state index contributed by atoms with van der Waals surface area (Å²) in [6.07, 6.45) is 1.21. The van der Waals surface area contributed by atoms with Crippen molar-refractivity contribution in [3.8, 4) is 0 Å². The maximum absolute atomic E-state index is 13.0. The zero-order chi connectivity index (χ0) is 27.6. The molecule has 3 N–H and O–H groups in total. The van der Waals surface area contributed by atoms with Gasteiger partial charge in [-0.1, -0.05) is 6.07 Å². The summed E-state index contributed by atoms with van der Waals surface area (Å²) in [7, 11) is 1.48. The third kappa shape index (κ3) is 9.82. The Kier molecular flexibility index (Phi) is 14.6. The van der Waals surface area contributed by atoms with E-state index in [0.717, 1.165) is 4.90 Å². The van der Waals surface area contributed by atoms with Crippen LogP contribution >= 0.6 is 0 Å². The summed E-state index contributed by atoms with van der Waals surface area (Å²) < 4.78 is 21.6. The topological polar surface area (TPSA) is 162 Å². The molecule has 0 radical (unpaired) electrons. The molecule has 1 aliphatic rings. The van der Waals surface area contributed by atoms with Gasteiger partial charge < -0.3 is 39.7 Å². The van der Waals surface area contributed by atoms with Crippen LogP contribution in [0.2, 0.25) is 0 Å². The highest BCUT2D eigenvalue weighted by atomic mass is 16.6. The maximum Gasteiger partial charge on any atom is 0.264 e. The SMILES string of the molecule is CNC(=O)CCC(C=O)N1C(=O)c2cccc(NCCOCCOCCOCCOCCNC=O)c2C1=O. The van der Waals surface area contributed by atoms with Gasteiger partial charge in [-0.3, -0.25) is 24.1 Å². The Morgan fingerprint density at radius 3 is 2.08 bits per heavy atom. The van der Waals surface area contributed by atoms with E-state index in [9.17, 15) is 24.0 Å². The standard InChI is InChI=1S/C25H36N4O9/c1-26-22(32)6-5-19(17-30)29-24(33)20-3-2-4-21(23(20)25(29)34)28-8-10-36-12-14-38-16-15-37-13-11-35-9-7-27-18-31/h2-4,17-19,28H,5-16H2,1H3,(H,26,32)(H,27,31). The van der Waals surface area contributed by atoms with Gasteiger partial charge in [-0.15, -0.1) is 0 Å². The van der Waals surface area contributed by atoms with E-state index >= 15 is 0 Å². The predicted molar refractivity (Wildman–Crippen MR) is 136 cm³/mol. The number of anilines is 1. The number of fused-ring (bicyclic) bond motifs is 1. The third-order valence-corrected chi connectivity index (χ3v) is 5.53. The summed E-state index contributed by atoms with van der Waals surface area (Å²) in [5.74, 6) is -1.41. The Bertz CT molecular complexity index is 928. The molecule has 0 spiro atoms. The van der Waals surface area contributed by atoms with E-state index in [1.165, 1.54) is 7.05 Å². The molecule has 38 heavy (non-hydrogen) atoms. The Hall–Kier alpha value is -3.39. The van der Waals surface area contributed by atoms with Gasteiger partial charge in [0.05, 0.1) is 70.0 Å². The second kappa shape index (κ2) is 18.0. The highest BCUT2D eigenvalue weighted by Gasteiger charge is 2.41. The lowest BCUT2D eigenvalue weighted by Gasteiger charge is -2.21. The van der Waals surface area contributed by atoms with Crippen LogP contribution in [-0.2, 0) is 33.3 Å². The highest BCUT2D eigenvalue weighted by Crippen LogP contribution is 2.31. The van der Waals surface area contributed by atoms with Gasteiger partial charge in [-0.05, 0) is 18.6 Å². The summed E-state index contributed by atoms with van der Waals surface area (Å²) in [4.78, 5) is 60.0. The molecule has 13 nitrogen and oxygen atoms in total. The van der Waals surface area contributed by atoms with Crippen LogP contribution in [0.15, 0.2) is 18.2 Å². The molecule has 4 amide bonds. The van der Waals surface area contributed by atoms with E-state index in [2.05, 4.69) is 16.0 Å². The van der Waals surface area contributed by atoms with Gasteiger partial charge in [0.2, 0.25) is 12.3 Å². The van der Waals surface area contributed by atoms with Gasteiger partial charge in [0, 0.05) is 32.2 Å². The van der Waals surface area contributed by atoms with E-state index in [0.29, 0.717) is 84.3 Å². The largest absolute Gasteiger partial charge is 0.382 e. The number of ether oxygens (including phenoxy) is 4. The van der Waals surface area contributed by atoms with Crippen molar-refractivity contribution in [3.05, 3.63) is 29.3 Å². The number of carbonyl (C=O) groups excluding carboxylic acids is 5. The van der Waals surface area contributed by atoms with Crippen molar-refractivity contribution in [1.29, 1.82) is 0 Å². The van der Waals surface area contributed by atoms with E-state index in [1.54, 1.807) is 18.2 Å². The zero-order valence-corrected chi connectivity index (χ0v) is 21.6. The summed E-state index contributed by atoms with van der Waals surface area (Å²) >= 11 is 0. The van der Waals surface area contributed by atoms with Crippen molar-refractivity contribution in [2.24, 2.45) is 0 Å². The second-order valence-electron chi connectivity index (χ2n) is 8.07. The minimum absolute atomic E-state index is 0.0177. The number of hydrogen-bond acceptors (Lipinski definition) is 10. The molecule has 13 heteroatoms. The average molecular weight is 537 g/mol. The molecular weight excluding hydrogens is 500 g/mol.